The highest BCUT2D eigenvalue weighted by Crippen LogP contribution is 2.35. The number of anilines is 1. The number of aliphatic hydroxyl groups is 1. The molecule has 4 rings (SSSR count). The van der Waals surface area contributed by atoms with E-state index in [1.807, 2.05) is 0 Å². The number of ether oxygens (including phenoxy) is 1. The predicted octanol–water partition coefficient (Wildman–Crippen LogP) is 4.24. The second-order valence-electron chi connectivity index (χ2n) is 9.32. The van der Waals surface area contributed by atoms with E-state index in [0.29, 0.717) is 6.07 Å². The Labute approximate surface area is 229 Å². The van der Waals surface area contributed by atoms with Gasteiger partial charge in [0.2, 0.25) is 11.5 Å². The van der Waals surface area contributed by atoms with E-state index in [1.54, 1.807) is 6.92 Å². The number of aliphatic carboxylic acids is 1. The van der Waals surface area contributed by atoms with E-state index in [1.165, 1.54) is 4.90 Å². The number of nitrogens with zero attached hydrogens (tertiary/aromatic N) is 4. The number of carbonyl (C=O) groups is 2. The van der Waals surface area contributed by atoms with Gasteiger partial charge in [-0.15, -0.1) is 0 Å². The smallest absolute Gasteiger partial charge is 0.433 e. The van der Waals surface area contributed by atoms with Crippen LogP contribution in [0.4, 0.5) is 32.4 Å². The number of para-hydroxylation sites is 1. The molecule has 0 aliphatic carbocycles. The van der Waals surface area contributed by atoms with E-state index in [9.17, 15) is 41.8 Å². The van der Waals surface area contributed by atoms with Gasteiger partial charge in [0, 0.05) is 36.8 Å². The number of piperidine rings is 1. The van der Waals surface area contributed by atoms with Crippen molar-refractivity contribution in [1.29, 1.82) is 0 Å². The summed E-state index contributed by atoms with van der Waals surface area (Å²) in [6.45, 7) is 0.740. The highest BCUT2D eigenvalue weighted by molar-refractivity contribution is 5.89. The number of likely N-dealkylation sites (tertiary alicyclic amines) is 1. The number of pyridine rings is 1. The summed E-state index contributed by atoms with van der Waals surface area (Å²) < 4.78 is 72.1. The number of carboxylic acid groups (broad SMARTS) is 1. The molecule has 2 amide bonds. The molecule has 1 aliphatic rings. The Bertz CT molecular complexity index is 1430. The van der Waals surface area contributed by atoms with Crippen LogP contribution in [0.2, 0.25) is 0 Å². The number of alkyl halides is 3. The molecule has 10 nitrogen and oxygen atoms in total. The maximum atomic E-state index is 13.9. The zero-order chi connectivity index (χ0) is 29.9. The molecule has 3 aromatic rings. The van der Waals surface area contributed by atoms with Gasteiger partial charge in [-0.3, -0.25) is 0 Å². The van der Waals surface area contributed by atoms with E-state index in [2.05, 4.69) is 20.3 Å². The zero-order valence-corrected chi connectivity index (χ0v) is 21.5. The van der Waals surface area contributed by atoms with Gasteiger partial charge in [0.15, 0.2) is 0 Å². The number of nitrogens with one attached hydrogen (secondary N) is 1. The van der Waals surface area contributed by atoms with E-state index < -0.39 is 65.2 Å². The van der Waals surface area contributed by atoms with Gasteiger partial charge in [0.25, 0.3) is 0 Å². The third-order valence-corrected chi connectivity index (χ3v) is 6.54. The Balaban J connectivity index is 1.52. The predicted molar refractivity (Wildman–Crippen MR) is 132 cm³/mol. The third-order valence-electron chi connectivity index (χ3n) is 6.54. The number of aromatic nitrogens is 3. The maximum Gasteiger partial charge on any atom is 0.433 e. The lowest BCUT2D eigenvalue weighted by Crippen LogP contribution is -2.44. The molecule has 1 aliphatic heterocycles. The van der Waals surface area contributed by atoms with Crippen LogP contribution in [-0.2, 0) is 16.6 Å². The summed E-state index contributed by atoms with van der Waals surface area (Å²) in [5.74, 6) is -4.41. The number of hydrogen-bond acceptors (Lipinski definition) is 7. The average molecular weight is 581 g/mol. The van der Waals surface area contributed by atoms with Crippen LogP contribution >= 0.6 is 0 Å². The molecule has 0 saturated carbocycles. The number of amides is 2. The topological polar surface area (TPSA) is 138 Å². The number of carboxylic acids is 1. The number of benzene rings is 1. The minimum absolute atomic E-state index is 0.102. The third kappa shape index (κ3) is 6.51. The van der Waals surface area contributed by atoms with E-state index in [-0.39, 0.29) is 43.0 Å². The van der Waals surface area contributed by atoms with Crippen LogP contribution in [-0.4, -0.2) is 61.8 Å². The van der Waals surface area contributed by atoms with Crippen molar-refractivity contribution in [2.75, 3.05) is 25.0 Å². The van der Waals surface area contributed by atoms with Crippen LogP contribution in [0.15, 0.2) is 42.6 Å². The van der Waals surface area contributed by atoms with E-state index in [0.717, 1.165) is 36.5 Å². The fourth-order valence-corrected chi connectivity index (χ4v) is 4.36. The van der Waals surface area contributed by atoms with Crippen molar-refractivity contribution in [3.63, 3.8) is 0 Å². The van der Waals surface area contributed by atoms with Gasteiger partial charge in [-0.1, -0.05) is 12.1 Å². The molecular formula is C26H24F5N5O5. The minimum atomic E-state index is -4.77. The molecule has 0 bridgehead atoms. The zero-order valence-electron chi connectivity index (χ0n) is 21.5. The van der Waals surface area contributed by atoms with Crippen molar-refractivity contribution < 1.29 is 46.5 Å². The number of halogens is 5. The molecule has 2 aromatic heterocycles. The highest BCUT2D eigenvalue weighted by atomic mass is 19.4. The van der Waals surface area contributed by atoms with Gasteiger partial charge in [0.05, 0.1) is 5.69 Å². The second-order valence-corrected chi connectivity index (χ2v) is 9.32. The minimum Gasteiger partial charge on any atom is -0.479 e. The number of aryl methyl sites for hydroxylation is 1. The van der Waals surface area contributed by atoms with Crippen LogP contribution in [0.25, 0.3) is 0 Å². The van der Waals surface area contributed by atoms with Gasteiger partial charge in [0.1, 0.15) is 35.4 Å². The Kier molecular flexibility index (Phi) is 8.37. The van der Waals surface area contributed by atoms with Gasteiger partial charge in [-0.25, -0.2) is 33.3 Å². The Morgan fingerprint density at radius 3 is 2.32 bits per heavy atom. The second kappa shape index (κ2) is 11.6. The molecular weight excluding hydrogens is 557 g/mol. The van der Waals surface area contributed by atoms with E-state index in [4.69, 9.17) is 4.74 Å². The standard InChI is InChI=1S/C26H24F5N5O5/c1-14-32-12-16(25(40,23(37)38)13-41-20-7-3-6-19(34-20)26(29,30)31)21(33-14)15-8-10-36(11-9-15)24(39)35-22-17(27)4-2-5-18(22)28/h2-7,12,15,40H,8-11,13H2,1H3,(H,35,39)(H,37,38). The van der Waals surface area contributed by atoms with Crippen molar-refractivity contribution in [1.82, 2.24) is 19.9 Å². The normalized spacial score (nSPS) is 15.7. The summed E-state index contributed by atoms with van der Waals surface area (Å²) in [6, 6.07) is 5.23. The monoisotopic (exact) mass is 581 g/mol. The first kappa shape index (κ1) is 29.6. The van der Waals surface area contributed by atoms with Crippen LogP contribution in [0.3, 0.4) is 0 Å². The van der Waals surface area contributed by atoms with Crippen molar-refractivity contribution in [3.8, 4) is 5.88 Å². The molecule has 1 atom stereocenters. The van der Waals surface area contributed by atoms with Crippen LogP contribution in [0.1, 0.15) is 41.5 Å². The first-order valence-electron chi connectivity index (χ1n) is 12.3. The summed E-state index contributed by atoms with van der Waals surface area (Å²) in [7, 11) is 0. The summed E-state index contributed by atoms with van der Waals surface area (Å²) >= 11 is 0. The summed E-state index contributed by atoms with van der Waals surface area (Å²) in [5.41, 5.74) is -4.70. The maximum absolute atomic E-state index is 13.9. The largest absolute Gasteiger partial charge is 0.479 e. The Hall–Kier alpha value is -4.40. The molecule has 1 unspecified atom stereocenters. The van der Waals surface area contributed by atoms with Crippen LogP contribution in [0.5, 0.6) is 5.88 Å². The fraction of sp³-hybridized carbons (Fsp3) is 0.346. The van der Waals surface area contributed by atoms with Gasteiger partial charge >= 0.3 is 18.2 Å². The summed E-state index contributed by atoms with van der Waals surface area (Å²) in [6.07, 6.45) is -3.19. The molecule has 1 saturated heterocycles. The quantitative estimate of drug-likeness (QED) is 0.353. The van der Waals surface area contributed by atoms with E-state index >= 15 is 0 Å². The number of carbonyl (C=O) groups excluding carboxylic acids is 1. The first-order chi connectivity index (χ1) is 19.3. The van der Waals surface area contributed by atoms with Crippen LogP contribution < -0.4 is 10.1 Å². The fourth-order valence-electron chi connectivity index (χ4n) is 4.36. The van der Waals surface area contributed by atoms with Crippen molar-refractivity contribution >= 4 is 17.7 Å². The Morgan fingerprint density at radius 1 is 1.07 bits per heavy atom. The lowest BCUT2D eigenvalue weighted by atomic mass is 9.85. The van der Waals surface area contributed by atoms with Crippen molar-refractivity contribution in [2.24, 2.45) is 0 Å². The molecule has 15 heteroatoms. The molecule has 3 N–H and O–H groups in total. The van der Waals surface area contributed by atoms with Gasteiger partial charge in [-0.2, -0.15) is 13.2 Å². The molecule has 1 fully saturated rings. The van der Waals surface area contributed by atoms with Gasteiger partial charge in [-0.05, 0) is 38.0 Å². The SMILES string of the molecule is Cc1ncc(C(O)(COc2cccc(C(F)(F)F)n2)C(=O)O)c(C2CCN(C(=O)Nc3c(F)cccc3F)CC2)n1. The summed E-state index contributed by atoms with van der Waals surface area (Å²) in [5, 5.41) is 23.3. The molecule has 3 heterocycles. The molecule has 41 heavy (non-hydrogen) atoms. The molecule has 0 spiro atoms. The number of hydrogen-bond donors (Lipinski definition) is 3. The Morgan fingerprint density at radius 2 is 1.71 bits per heavy atom. The lowest BCUT2D eigenvalue weighted by Gasteiger charge is -2.34. The molecule has 218 valence electrons. The van der Waals surface area contributed by atoms with Gasteiger partial charge < -0.3 is 25.2 Å². The number of rotatable bonds is 7. The molecule has 1 aromatic carbocycles. The van der Waals surface area contributed by atoms with Crippen molar-refractivity contribution in [3.05, 3.63) is 77.0 Å². The lowest BCUT2D eigenvalue weighted by molar-refractivity contribution is -0.163. The summed E-state index contributed by atoms with van der Waals surface area (Å²) in [4.78, 5) is 37.9. The highest BCUT2D eigenvalue weighted by Gasteiger charge is 2.44. The average Bonchev–Trinajstić information content (AvgIpc) is 2.93. The first-order valence-corrected chi connectivity index (χ1v) is 12.3. The van der Waals surface area contributed by atoms with Crippen LogP contribution in [0, 0.1) is 18.6 Å². The number of urea groups is 1. The van der Waals surface area contributed by atoms with Crippen molar-refractivity contribution in [2.45, 2.75) is 37.5 Å². The molecule has 0 radical (unpaired) electrons.